The van der Waals surface area contributed by atoms with Gasteiger partial charge in [-0.3, -0.25) is 0 Å². The predicted octanol–water partition coefficient (Wildman–Crippen LogP) is 2.55. The molecule has 13 heavy (non-hydrogen) atoms. The number of nitrogens with zero attached hydrogens (tertiary/aromatic N) is 1. The molecule has 0 saturated heterocycles. The Morgan fingerprint density at radius 3 is 3.00 bits per heavy atom. The van der Waals surface area contributed by atoms with E-state index in [-0.39, 0.29) is 0 Å². The van der Waals surface area contributed by atoms with Crippen LogP contribution in [0.15, 0.2) is 36.4 Å². The van der Waals surface area contributed by atoms with Crippen LogP contribution >= 0.6 is 0 Å². The van der Waals surface area contributed by atoms with Crippen molar-refractivity contribution in [3.05, 3.63) is 42.1 Å². The molecule has 1 aromatic carbocycles. The molecule has 0 aliphatic carbocycles. The molecule has 0 bridgehead atoms. The van der Waals surface area contributed by atoms with Gasteiger partial charge >= 0.3 is 0 Å². The molecule has 2 nitrogen and oxygen atoms in total. The van der Waals surface area contributed by atoms with Crippen LogP contribution in [-0.4, -0.2) is 9.67 Å². The summed E-state index contributed by atoms with van der Waals surface area (Å²) in [7, 11) is 0. The van der Waals surface area contributed by atoms with E-state index in [2.05, 4.69) is 16.7 Å². The van der Waals surface area contributed by atoms with Crippen LogP contribution in [-0.2, 0) is 6.54 Å². The topological polar surface area (TPSA) is 25.2 Å². The average Bonchev–Trinajstić information content (AvgIpc) is 2.67. The summed E-state index contributed by atoms with van der Waals surface area (Å²) in [6.45, 7) is 0.786. The maximum absolute atomic E-state index is 9.52. The fourth-order valence-corrected chi connectivity index (χ4v) is 1.90. The summed E-state index contributed by atoms with van der Waals surface area (Å²) in [6, 6.07) is 10.2. The van der Waals surface area contributed by atoms with Crippen LogP contribution in [0.3, 0.4) is 0 Å². The standard InChI is InChI=1S/C11H9NO/c13-11-5-6-12-9-4-2-1-3-8(9)7-10(11)12/h1-5,7,13H,6H2. The second-order valence-corrected chi connectivity index (χ2v) is 3.29. The molecule has 1 aromatic heterocycles. The van der Waals surface area contributed by atoms with Crippen LogP contribution in [0.25, 0.3) is 16.7 Å². The van der Waals surface area contributed by atoms with Crippen molar-refractivity contribution in [2.24, 2.45) is 0 Å². The minimum atomic E-state index is 0.399. The number of aliphatic hydroxyl groups excluding tert-OH is 1. The lowest BCUT2D eigenvalue weighted by molar-refractivity contribution is 0.511. The predicted molar refractivity (Wildman–Crippen MR) is 52.5 cm³/mol. The molecule has 1 aliphatic heterocycles. The molecule has 64 valence electrons. The monoisotopic (exact) mass is 171 g/mol. The van der Waals surface area contributed by atoms with Crippen molar-refractivity contribution in [3.63, 3.8) is 0 Å². The highest BCUT2D eigenvalue weighted by molar-refractivity contribution is 5.85. The lowest BCUT2D eigenvalue weighted by atomic mass is 10.2. The third kappa shape index (κ3) is 0.773. The van der Waals surface area contributed by atoms with Gasteiger partial charge in [0, 0.05) is 17.4 Å². The minimum Gasteiger partial charge on any atom is -0.506 e. The van der Waals surface area contributed by atoms with Gasteiger partial charge in [-0.1, -0.05) is 18.2 Å². The molecule has 0 saturated carbocycles. The van der Waals surface area contributed by atoms with Gasteiger partial charge in [-0.05, 0) is 18.2 Å². The first-order valence-corrected chi connectivity index (χ1v) is 4.34. The van der Waals surface area contributed by atoms with E-state index in [0.717, 1.165) is 12.2 Å². The Morgan fingerprint density at radius 2 is 2.08 bits per heavy atom. The molecule has 0 unspecified atom stereocenters. The number of allylic oxidation sites excluding steroid dienone is 1. The Bertz CT molecular complexity index is 508. The fourth-order valence-electron chi connectivity index (χ4n) is 1.90. The van der Waals surface area contributed by atoms with Crippen molar-refractivity contribution < 1.29 is 5.11 Å². The van der Waals surface area contributed by atoms with E-state index < -0.39 is 0 Å². The van der Waals surface area contributed by atoms with E-state index in [9.17, 15) is 5.11 Å². The maximum Gasteiger partial charge on any atom is 0.137 e. The van der Waals surface area contributed by atoms with Crippen molar-refractivity contribution >= 4 is 16.7 Å². The zero-order valence-electron chi connectivity index (χ0n) is 7.07. The number of benzene rings is 1. The highest BCUT2D eigenvalue weighted by Gasteiger charge is 2.15. The lowest BCUT2D eigenvalue weighted by Gasteiger charge is -1.98. The Balaban J connectivity index is 2.43. The van der Waals surface area contributed by atoms with Gasteiger partial charge in [0.15, 0.2) is 0 Å². The van der Waals surface area contributed by atoms with Crippen molar-refractivity contribution in [3.8, 4) is 0 Å². The Hall–Kier alpha value is -1.70. The molecule has 1 N–H and O–H groups in total. The Labute approximate surface area is 75.7 Å². The molecule has 2 heterocycles. The number of rotatable bonds is 0. The van der Waals surface area contributed by atoms with Gasteiger partial charge in [-0.15, -0.1) is 0 Å². The largest absolute Gasteiger partial charge is 0.506 e. The highest BCUT2D eigenvalue weighted by atomic mass is 16.3. The van der Waals surface area contributed by atoms with Crippen molar-refractivity contribution in [1.82, 2.24) is 4.57 Å². The number of fused-ring (bicyclic) bond motifs is 3. The van der Waals surface area contributed by atoms with Crippen LogP contribution in [0.4, 0.5) is 0 Å². The normalized spacial score (nSPS) is 14.6. The smallest absolute Gasteiger partial charge is 0.137 e. The van der Waals surface area contributed by atoms with Crippen molar-refractivity contribution in [1.29, 1.82) is 0 Å². The van der Waals surface area contributed by atoms with Crippen molar-refractivity contribution in [2.75, 3.05) is 0 Å². The third-order valence-corrected chi connectivity index (χ3v) is 2.54. The quantitative estimate of drug-likeness (QED) is 0.647. The molecular weight excluding hydrogens is 162 g/mol. The van der Waals surface area contributed by atoms with E-state index in [1.807, 2.05) is 24.3 Å². The zero-order valence-corrected chi connectivity index (χ0v) is 7.07. The first-order valence-electron chi connectivity index (χ1n) is 4.34. The van der Waals surface area contributed by atoms with Crippen LogP contribution < -0.4 is 0 Å². The van der Waals surface area contributed by atoms with Crippen LogP contribution in [0.1, 0.15) is 5.69 Å². The summed E-state index contributed by atoms with van der Waals surface area (Å²) in [5.74, 6) is 0.399. The molecular formula is C11H9NO. The number of para-hydroxylation sites is 1. The van der Waals surface area contributed by atoms with E-state index in [1.165, 1.54) is 10.9 Å². The molecule has 3 rings (SSSR count). The van der Waals surface area contributed by atoms with E-state index in [1.54, 1.807) is 0 Å². The average molecular weight is 171 g/mol. The Kier molecular flexibility index (Phi) is 1.13. The first-order chi connectivity index (χ1) is 6.36. The van der Waals surface area contributed by atoms with Gasteiger partial charge < -0.3 is 9.67 Å². The molecule has 0 atom stereocenters. The van der Waals surface area contributed by atoms with Gasteiger partial charge in [0.25, 0.3) is 0 Å². The van der Waals surface area contributed by atoms with Crippen LogP contribution in [0.2, 0.25) is 0 Å². The number of hydrogen-bond donors (Lipinski definition) is 1. The maximum atomic E-state index is 9.52. The highest BCUT2D eigenvalue weighted by Crippen LogP contribution is 2.27. The summed E-state index contributed by atoms with van der Waals surface area (Å²) >= 11 is 0. The van der Waals surface area contributed by atoms with Crippen LogP contribution in [0.5, 0.6) is 0 Å². The summed E-state index contributed by atoms with van der Waals surface area (Å²) < 4.78 is 2.12. The number of aliphatic hydroxyl groups is 1. The first kappa shape index (κ1) is 6.78. The van der Waals surface area contributed by atoms with Gasteiger partial charge in [0.2, 0.25) is 0 Å². The molecule has 2 heteroatoms. The lowest BCUT2D eigenvalue weighted by Crippen LogP contribution is -1.91. The van der Waals surface area contributed by atoms with Crippen LogP contribution in [0, 0.1) is 0 Å². The van der Waals surface area contributed by atoms with E-state index in [4.69, 9.17) is 0 Å². The van der Waals surface area contributed by atoms with Gasteiger partial charge in [0.05, 0.1) is 5.69 Å². The molecule has 0 radical (unpaired) electrons. The number of hydrogen-bond acceptors (Lipinski definition) is 1. The van der Waals surface area contributed by atoms with E-state index >= 15 is 0 Å². The molecule has 0 spiro atoms. The van der Waals surface area contributed by atoms with E-state index in [0.29, 0.717) is 5.76 Å². The Morgan fingerprint density at radius 1 is 1.23 bits per heavy atom. The van der Waals surface area contributed by atoms with Gasteiger partial charge in [-0.25, -0.2) is 0 Å². The third-order valence-electron chi connectivity index (χ3n) is 2.54. The zero-order chi connectivity index (χ0) is 8.84. The summed E-state index contributed by atoms with van der Waals surface area (Å²) in [5, 5.41) is 10.7. The summed E-state index contributed by atoms with van der Waals surface area (Å²) in [6.07, 6.45) is 1.84. The fraction of sp³-hybridized carbons (Fsp3) is 0.0909. The molecule has 0 amide bonds. The summed E-state index contributed by atoms with van der Waals surface area (Å²) in [4.78, 5) is 0. The van der Waals surface area contributed by atoms with Gasteiger partial charge in [0.1, 0.15) is 5.76 Å². The number of aromatic nitrogens is 1. The van der Waals surface area contributed by atoms with Gasteiger partial charge in [-0.2, -0.15) is 0 Å². The molecule has 2 aromatic rings. The molecule has 0 fully saturated rings. The molecule has 1 aliphatic rings. The second-order valence-electron chi connectivity index (χ2n) is 3.29. The summed E-state index contributed by atoms with van der Waals surface area (Å²) in [5.41, 5.74) is 2.12. The minimum absolute atomic E-state index is 0.399. The second kappa shape index (κ2) is 2.16. The van der Waals surface area contributed by atoms with Crippen molar-refractivity contribution in [2.45, 2.75) is 6.54 Å². The SMILES string of the molecule is OC1=CCn2c1cc1ccccc12.